The van der Waals surface area contributed by atoms with Gasteiger partial charge in [-0.2, -0.15) is 0 Å². The monoisotopic (exact) mass is 276 g/mol. The molecule has 0 bridgehead atoms. The minimum Gasteiger partial charge on any atom is -0.385 e. The van der Waals surface area contributed by atoms with Crippen molar-refractivity contribution in [3.8, 4) is 11.1 Å². The maximum Gasteiger partial charge on any atom is 0.250 e. The fourth-order valence-electron chi connectivity index (χ4n) is 2.47. The summed E-state index contributed by atoms with van der Waals surface area (Å²) < 4.78 is 0. The first kappa shape index (κ1) is 13.2. The molecule has 0 atom stereocenters. The lowest BCUT2D eigenvalue weighted by Gasteiger charge is -2.12. The summed E-state index contributed by atoms with van der Waals surface area (Å²) >= 11 is 0. The van der Waals surface area contributed by atoms with E-state index in [4.69, 9.17) is 5.73 Å². The molecule has 0 saturated carbocycles. The fourth-order valence-corrected chi connectivity index (χ4v) is 2.47. The Bertz CT molecular complexity index is 792. The summed E-state index contributed by atoms with van der Waals surface area (Å²) in [6, 6.07) is 21.6. The van der Waals surface area contributed by atoms with Crippen LogP contribution in [0.15, 0.2) is 71.5 Å². The number of hydrogen-bond donors (Lipinski definition) is 2. The van der Waals surface area contributed by atoms with E-state index in [1.165, 1.54) is 0 Å². The minimum absolute atomic E-state index is 0.178. The van der Waals surface area contributed by atoms with Crippen LogP contribution in [0, 0.1) is 0 Å². The van der Waals surface area contributed by atoms with Crippen LogP contribution < -0.4 is 11.3 Å². The van der Waals surface area contributed by atoms with Crippen LogP contribution in [0.4, 0.5) is 5.82 Å². The molecule has 0 unspecified atom stereocenters. The number of aromatic nitrogens is 1. The summed E-state index contributed by atoms with van der Waals surface area (Å²) in [6.45, 7) is 0. The second-order valence-electron chi connectivity index (χ2n) is 4.97. The van der Waals surface area contributed by atoms with E-state index in [1.807, 2.05) is 48.5 Å². The highest BCUT2D eigenvalue weighted by molar-refractivity contribution is 5.71. The van der Waals surface area contributed by atoms with Gasteiger partial charge in [-0.3, -0.25) is 4.79 Å². The van der Waals surface area contributed by atoms with Gasteiger partial charge in [0.25, 0.3) is 0 Å². The average molecular weight is 276 g/mol. The van der Waals surface area contributed by atoms with Crippen molar-refractivity contribution in [3.05, 3.63) is 88.2 Å². The molecule has 3 aromatic rings. The molecule has 3 rings (SSSR count). The normalized spacial score (nSPS) is 10.5. The molecule has 0 saturated heterocycles. The zero-order chi connectivity index (χ0) is 14.7. The van der Waals surface area contributed by atoms with Crippen LogP contribution in [0.1, 0.15) is 11.1 Å². The van der Waals surface area contributed by atoms with Gasteiger partial charge in [-0.05, 0) is 16.7 Å². The SMILES string of the molecule is Nc1[nH]c(=O)cc(-c2ccccc2)c1Cc1ccccc1. The smallest absolute Gasteiger partial charge is 0.250 e. The van der Waals surface area contributed by atoms with Crippen molar-refractivity contribution >= 4 is 5.82 Å². The number of hydrogen-bond acceptors (Lipinski definition) is 2. The first-order chi connectivity index (χ1) is 10.2. The highest BCUT2D eigenvalue weighted by Gasteiger charge is 2.11. The average Bonchev–Trinajstić information content (AvgIpc) is 2.51. The number of nitrogens with two attached hydrogens (primary N) is 1. The van der Waals surface area contributed by atoms with E-state index in [0.717, 1.165) is 22.3 Å². The van der Waals surface area contributed by atoms with Crippen molar-refractivity contribution < 1.29 is 0 Å². The molecule has 21 heavy (non-hydrogen) atoms. The lowest BCUT2D eigenvalue weighted by atomic mass is 9.96. The highest BCUT2D eigenvalue weighted by Crippen LogP contribution is 2.27. The van der Waals surface area contributed by atoms with E-state index in [1.54, 1.807) is 6.07 Å². The molecule has 0 aliphatic rings. The molecule has 0 fully saturated rings. The molecule has 1 aromatic heterocycles. The van der Waals surface area contributed by atoms with Gasteiger partial charge in [0.05, 0.1) is 0 Å². The molecule has 104 valence electrons. The van der Waals surface area contributed by atoms with Gasteiger partial charge in [-0.15, -0.1) is 0 Å². The van der Waals surface area contributed by atoms with Gasteiger partial charge in [0, 0.05) is 18.1 Å². The van der Waals surface area contributed by atoms with Crippen LogP contribution >= 0.6 is 0 Å². The predicted molar refractivity (Wildman–Crippen MR) is 86.2 cm³/mol. The molecule has 0 radical (unpaired) electrons. The van der Waals surface area contributed by atoms with Gasteiger partial charge in [0.1, 0.15) is 5.82 Å². The second kappa shape index (κ2) is 5.67. The summed E-state index contributed by atoms with van der Waals surface area (Å²) in [4.78, 5) is 14.4. The number of H-pyrrole nitrogens is 1. The molecule has 0 amide bonds. The first-order valence-corrected chi connectivity index (χ1v) is 6.85. The summed E-state index contributed by atoms with van der Waals surface area (Å²) in [7, 11) is 0. The zero-order valence-corrected chi connectivity index (χ0v) is 11.5. The van der Waals surface area contributed by atoms with Gasteiger partial charge in [-0.1, -0.05) is 60.7 Å². The van der Waals surface area contributed by atoms with E-state index in [-0.39, 0.29) is 5.56 Å². The van der Waals surface area contributed by atoms with Crippen molar-refractivity contribution in [2.75, 3.05) is 5.73 Å². The molecule has 0 aliphatic heterocycles. The standard InChI is InChI=1S/C18H16N2O/c19-18-16(11-13-7-3-1-4-8-13)15(12-17(21)20-18)14-9-5-2-6-10-14/h1-10,12H,11H2,(H3,19,20,21). The van der Waals surface area contributed by atoms with Gasteiger partial charge >= 0.3 is 0 Å². The highest BCUT2D eigenvalue weighted by atomic mass is 16.1. The predicted octanol–water partition coefficient (Wildman–Crippen LogP) is 3.21. The maximum absolute atomic E-state index is 11.8. The molecule has 1 heterocycles. The van der Waals surface area contributed by atoms with Gasteiger partial charge in [0.15, 0.2) is 0 Å². The van der Waals surface area contributed by atoms with Crippen LogP contribution in [0.2, 0.25) is 0 Å². The lowest BCUT2D eigenvalue weighted by molar-refractivity contribution is 1.13. The first-order valence-electron chi connectivity index (χ1n) is 6.85. The molecule has 0 aliphatic carbocycles. The zero-order valence-electron chi connectivity index (χ0n) is 11.5. The molecule has 3 heteroatoms. The summed E-state index contributed by atoms with van der Waals surface area (Å²) in [5, 5.41) is 0. The number of benzene rings is 2. The third-order valence-electron chi connectivity index (χ3n) is 3.49. The van der Waals surface area contributed by atoms with Crippen LogP contribution in [-0.4, -0.2) is 4.98 Å². The second-order valence-corrected chi connectivity index (χ2v) is 4.97. The fraction of sp³-hybridized carbons (Fsp3) is 0.0556. The number of aromatic amines is 1. The Morgan fingerprint density at radius 2 is 1.52 bits per heavy atom. The molecule has 3 nitrogen and oxygen atoms in total. The van der Waals surface area contributed by atoms with Gasteiger partial charge in [-0.25, -0.2) is 0 Å². The Labute approximate surface area is 123 Å². The summed E-state index contributed by atoms with van der Waals surface area (Å²) in [5.74, 6) is 0.435. The van der Waals surface area contributed by atoms with E-state index in [0.29, 0.717) is 12.2 Å². The number of anilines is 1. The van der Waals surface area contributed by atoms with Crippen molar-refractivity contribution in [1.29, 1.82) is 0 Å². The van der Waals surface area contributed by atoms with Crippen molar-refractivity contribution in [2.45, 2.75) is 6.42 Å². The third kappa shape index (κ3) is 2.87. The van der Waals surface area contributed by atoms with Crippen molar-refractivity contribution in [1.82, 2.24) is 4.98 Å². The summed E-state index contributed by atoms with van der Waals surface area (Å²) in [5.41, 5.74) is 9.88. The molecule has 2 aromatic carbocycles. The van der Waals surface area contributed by atoms with Crippen LogP contribution in [0.5, 0.6) is 0 Å². The largest absolute Gasteiger partial charge is 0.385 e. The van der Waals surface area contributed by atoms with Gasteiger partial charge in [0.2, 0.25) is 5.56 Å². The summed E-state index contributed by atoms with van der Waals surface area (Å²) in [6.07, 6.45) is 0.688. The maximum atomic E-state index is 11.8. The number of pyridine rings is 1. The van der Waals surface area contributed by atoms with Gasteiger partial charge < -0.3 is 10.7 Å². The molecular weight excluding hydrogens is 260 g/mol. The number of rotatable bonds is 3. The minimum atomic E-state index is -0.178. The van der Waals surface area contributed by atoms with Crippen LogP contribution in [0.25, 0.3) is 11.1 Å². The van der Waals surface area contributed by atoms with Crippen LogP contribution in [-0.2, 0) is 6.42 Å². The Morgan fingerprint density at radius 1 is 0.905 bits per heavy atom. The Morgan fingerprint density at radius 3 is 2.19 bits per heavy atom. The Hall–Kier alpha value is -2.81. The lowest BCUT2D eigenvalue weighted by Crippen LogP contribution is -2.12. The van der Waals surface area contributed by atoms with Crippen molar-refractivity contribution in [3.63, 3.8) is 0 Å². The van der Waals surface area contributed by atoms with Crippen molar-refractivity contribution in [2.24, 2.45) is 0 Å². The van der Waals surface area contributed by atoms with E-state index >= 15 is 0 Å². The number of nitrogens with one attached hydrogen (secondary N) is 1. The Balaban J connectivity index is 2.13. The van der Waals surface area contributed by atoms with E-state index in [9.17, 15) is 4.79 Å². The van der Waals surface area contributed by atoms with Crippen LogP contribution in [0.3, 0.4) is 0 Å². The van der Waals surface area contributed by atoms with E-state index in [2.05, 4.69) is 17.1 Å². The topological polar surface area (TPSA) is 58.9 Å². The molecule has 3 N–H and O–H groups in total. The molecular formula is C18H16N2O. The molecule has 0 spiro atoms. The quantitative estimate of drug-likeness (QED) is 0.771. The third-order valence-corrected chi connectivity index (χ3v) is 3.49. The van der Waals surface area contributed by atoms with E-state index < -0.39 is 0 Å². The number of nitrogen functional groups attached to an aromatic ring is 1. The Kier molecular flexibility index (Phi) is 3.56.